The van der Waals surface area contributed by atoms with E-state index in [0.717, 1.165) is 13.0 Å². The van der Waals surface area contributed by atoms with Crippen LogP contribution in [-0.4, -0.2) is 19.2 Å². The van der Waals surface area contributed by atoms with Gasteiger partial charge in [-0.3, -0.25) is 0 Å². The summed E-state index contributed by atoms with van der Waals surface area (Å²) in [6.45, 7) is 5.74. The molecule has 1 atom stereocenters. The van der Waals surface area contributed by atoms with Crippen molar-refractivity contribution in [2.75, 3.05) is 13.2 Å². The summed E-state index contributed by atoms with van der Waals surface area (Å²) in [6.07, 6.45) is 11.0. The Morgan fingerprint density at radius 3 is 2.63 bits per heavy atom. The number of alkyl carbamates (subject to hydrolysis) is 1. The fourth-order valence-corrected chi connectivity index (χ4v) is 2.76. The van der Waals surface area contributed by atoms with Crippen molar-refractivity contribution < 1.29 is 9.53 Å². The summed E-state index contributed by atoms with van der Waals surface area (Å²) in [6, 6.07) is 0. The normalized spacial score (nSPS) is 18.0. The molecule has 0 heterocycles. The molecule has 0 bridgehead atoms. The lowest BCUT2D eigenvalue weighted by atomic mass is 9.89. The Kier molecular flexibility index (Phi) is 8.68. The van der Waals surface area contributed by atoms with Crippen LogP contribution in [0.5, 0.6) is 0 Å². The summed E-state index contributed by atoms with van der Waals surface area (Å²) in [5, 5.41) is 2.93. The number of carbonyl (C=O) groups is 1. The Bertz CT molecular complexity index is 237. The molecule has 3 heteroatoms. The monoisotopic (exact) mass is 269 g/mol. The molecule has 1 rings (SSSR count). The quantitative estimate of drug-likeness (QED) is 0.704. The van der Waals surface area contributed by atoms with Crippen LogP contribution in [0, 0.1) is 11.8 Å². The maximum Gasteiger partial charge on any atom is 0.407 e. The third kappa shape index (κ3) is 7.44. The zero-order valence-corrected chi connectivity index (χ0v) is 12.7. The molecule has 1 aliphatic rings. The highest BCUT2D eigenvalue weighted by atomic mass is 16.5. The van der Waals surface area contributed by atoms with Crippen molar-refractivity contribution >= 4 is 6.09 Å². The van der Waals surface area contributed by atoms with Crippen LogP contribution in [0.15, 0.2) is 0 Å². The van der Waals surface area contributed by atoms with Crippen LogP contribution in [0.3, 0.4) is 0 Å². The first-order valence-corrected chi connectivity index (χ1v) is 8.16. The number of unbranched alkanes of at least 4 members (excludes halogenated alkanes) is 1. The smallest absolute Gasteiger partial charge is 0.407 e. The standard InChI is InChI=1S/C16H31NO2/c1-3-5-9-14(4-2)13-19-16(18)17-12-15-10-7-6-8-11-15/h14-15H,3-13H2,1-2H3,(H,17,18). The van der Waals surface area contributed by atoms with Crippen LogP contribution in [0.2, 0.25) is 0 Å². The molecule has 1 amide bonds. The lowest BCUT2D eigenvalue weighted by Crippen LogP contribution is -2.31. The van der Waals surface area contributed by atoms with E-state index in [1.807, 2.05) is 0 Å². The van der Waals surface area contributed by atoms with Gasteiger partial charge in [-0.1, -0.05) is 52.4 Å². The number of hydrogen-bond acceptors (Lipinski definition) is 2. The zero-order valence-electron chi connectivity index (χ0n) is 12.7. The third-order valence-electron chi connectivity index (χ3n) is 4.25. The summed E-state index contributed by atoms with van der Waals surface area (Å²) in [7, 11) is 0. The first-order valence-electron chi connectivity index (χ1n) is 8.16. The lowest BCUT2D eigenvalue weighted by molar-refractivity contribution is 0.120. The van der Waals surface area contributed by atoms with E-state index in [0.29, 0.717) is 18.4 Å². The van der Waals surface area contributed by atoms with E-state index in [1.54, 1.807) is 0 Å². The van der Waals surface area contributed by atoms with E-state index < -0.39 is 0 Å². The number of amides is 1. The Morgan fingerprint density at radius 2 is 2.00 bits per heavy atom. The molecular formula is C16H31NO2. The average molecular weight is 269 g/mol. The van der Waals surface area contributed by atoms with Gasteiger partial charge in [0.05, 0.1) is 6.61 Å². The number of hydrogen-bond donors (Lipinski definition) is 1. The summed E-state index contributed by atoms with van der Waals surface area (Å²) in [4.78, 5) is 11.6. The predicted molar refractivity (Wildman–Crippen MR) is 79.2 cm³/mol. The molecule has 0 radical (unpaired) electrons. The van der Waals surface area contributed by atoms with Gasteiger partial charge in [-0.15, -0.1) is 0 Å². The number of ether oxygens (including phenoxy) is 1. The number of rotatable bonds is 8. The van der Waals surface area contributed by atoms with Crippen LogP contribution < -0.4 is 5.32 Å². The SMILES string of the molecule is CCCCC(CC)COC(=O)NCC1CCCCC1. The molecule has 112 valence electrons. The summed E-state index contributed by atoms with van der Waals surface area (Å²) >= 11 is 0. The molecule has 0 saturated heterocycles. The lowest BCUT2D eigenvalue weighted by Gasteiger charge is -2.22. The minimum atomic E-state index is -0.222. The largest absolute Gasteiger partial charge is 0.449 e. The van der Waals surface area contributed by atoms with Crippen molar-refractivity contribution in [3.63, 3.8) is 0 Å². The van der Waals surface area contributed by atoms with Gasteiger partial charge in [-0.05, 0) is 31.1 Å². The number of nitrogens with one attached hydrogen (secondary N) is 1. The molecule has 0 aromatic carbocycles. The molecule has 1 fully saturated rings. The van der Waals surface area contributed by atoms with Crippen molar-refractivity contribution in [1.82, 2.24) is 5.32 Å². The van der Waals surface area contributed by atoms with Gasteiger partial charge in [0.2, 0.25) is 0 Å². The second kappa shape index (κ2) is 10.1. The van der Waals surface area contributed by atoms with E-state index in [1.165, 1.54) is 51.4 Å². The van der Waals surface area contributed by atoms with E-state index in [9.17, 15) is 4.79 Å². The molecule has 1 unspecified atom stereocenters. The van der Waals surface area contributed by atoms with Gasteiger partial charge in [0, 0.05) is 6.54 Å². The molecular weight excluding hydrogens is 238 g/mol. The van der Waals surface area contributed by atoms with Crippen molar-refractivity contribution in [2.45, 2.75) is 71.6 Å². The molecule has 1 aliphatic carbocycles. The second-order valence-corrected chi connectivity index (χ2v) is 5.90. The van der Waals surface area contributed by atoms with Crippen molar-refractivity contribution in [3.05, 3.63) is 0 Å². The maximum absolute atomic E-state index is 11.6. The van der Waals surface area contributed by atoms with E-state index >= 15 is 0 Å². The first kappa shape index (κ1) is 16.3. The topological polar surface area (TPSA) is 38.3 Å². The minimum absolute atomic E-state index is 0.222. The Morgan fingerprint density at radius 1 is 1.26 bits per heavy atom. The van der Waals surface area contributed by atoms with Gasteiger partial charge in [0.25, 0.3) is 0 Å². The maximum atomic E-state index is 11.6. The predicted octanol–water partition coefficient (Wildman–Crippen LogP) is 4.51. The first-order chi connectivity index (χ1) is 9.26. The van der Waals surface area contributed by atoms with Crippen LogP contribution in [0.25, 0.3) is 0 Å². The highest BCUT2D eigenvalue weighted by molar-refractivity contribution is 5.67. The van der Waals surface area contributed by atoms with Crippen LogP contribution >= 0.6 is 0 Å². The molecule has 1 saturated carbocycles. The van der Waals surface area contributed by atoms with Gasteiger partial charge in [-0.2, -0.15) is 0 Å². The Balaban J connectivity index is 2.08. The van der Waals surface area contributed by atoms with Crippen LogP contribution in [-0.2, 0) is 4.74 Å². The minimum Gasteiger partial charge on any atom is -0.449 e. The molecule has 19 heavy (non-hydrogen) atoms. The molecule has 0 aromatic rings. The second-order valence-electron chi connectivity index (χ2n) is 5.90. The Hall–Kier alpha value is -0.730. The van der Waals surface area contributed by atoms with Gasteiger partial charge in [0.1, 0.15) is 0 Å². The van der Waals surface area contributed by atoms with Crippen LogP contribution in [0.4, 0.5) is 4.79 Å². The molecule has 0 spiro atoms. The third-order valence-corrected chi connectivity index (χ3v) is 4.25. The van der Waals surface area contributed by atoms with Gasteiger partial charge < -0.3 is 10.1 Å². The van der Waals surface area contributed by atoms with E-state index in [2.05, 4.69) is 19.2 Å². The van der Waals surface area contributed by atoms with Crippen LogP contribution in [0.1, 0.15) is 71.6 Å². The molecule has 0 aliphatic heterocycles. The fraction of sp³-hybridized carbons (Fsp3) is 0.938. The summed E-state index contributed by atoms with van der Waals surface area (Å²) in [5.41, 5.74) is 0. The zero-order chi connectivity index (χ0) is 13.9. The summed E-state index contributed by atoms with van der Waals surface area (Å²) < 4.78 is 5.33. The van der Waals surface area contributed by atoms with Crippen molar-refractivity contribution in [3.8, 4) is 0 Å². The highest BCUT2D eigenvalue weighted by Crippen LogP contribution is 2.22. The Labute approximate surface area is 118 Å². The fourth-order valence-electron chi connectivity index (χ4n) is 2.76. The van der Waals surface area contributed by atoms with Gasteiger partial charge >= 0.3 is 6.09 Å². The average Bonchev–Trinajstić information content (AvgIpc) is 2.46. The van der Waals surface area contributed by atoms with E-state index in [-0.39, 0.29) is 6.09 Å². The molecule has 3 nitrogen and oxygen atoms in total. The van der Waals surface area contributed by atoms with Crippen molar-refractivity contribution in [2.24, 2.45) is 11.8 Å². The van der Waals surface area contributed by atoms with E-state index in [4.69, 9.17) is 4.74 Å². The molecule has 0 aromatic heterocycles. The van der Waals surface area contributed by atoms with Gasteiger partial charge in [0.15, 0.2) is 0 Å². The van der Waals surface area contributed by atoms with Gasteiger partial charge in [-0.25, -0.2) is 4.79 Å². The molecule has 1 N–H and O–H groups in total. The summed E-state index contributed by atoms with van der Waals surface area (Å²) in [5.74, 6) is 1.20. The highest BCUT2D eigenvalue weighted by Gasteiger charge is 2.15. The number of carbonyl (C=O) groups excluding carboxylic acids is 1. The van der Waals surface area contributed by atoms with Crippen molar-refractivity contribution in [1.29, 1.82) is 0 Å².